The van der Waals surface area contributed by atoms with Gasteiger partial charge in [0.15, 0.2) is 5.82 Å². The van der Waals surface area contributed by atoms with Crippen LogP contribution in [-0.4, -0.2) is 4.57 Å². The van der Waals surface area contributed by atoms with Gasteiger partial charge in [-0.25, -0.2) is 4.39 Å². The van der Waals surface area contributed by atoms with E-state index in [9.17, 15) is 9.18 Å². The molecule has 0 atom stereocenters. The van der Waals surface area contributed by atoms with Crippen LogP contribution in [0.1, 0.15) is 0 Å². The minimum absolute atomic E-state index is 0.162. The molecule has 0 spiro atoms. The third-order valence-electron chi connectivity index (χ3n) is 1.23. The smallest absolute Gasteiger partial charge is 0.251 e. The Labute approximate surface area is 71.5 Å². The molecule has 0 unspecified atom stereocenters. The molecule has 0 aliphatic carbocycles. The van der Waals surface area contributed by atoms with E-state index in [-0.39, 0.29) is 10.5 Å². The second-order valence-corrected chi connectivity index (χ2v) is 3.07. The first-order chi connectivity index (χ1) is 5.15. The van der Waals surface area contributed by atoms with E-state index >= 15 is 0 Å². The van der Waals surface area contributed by atoms with Crippen molar-refractivity contribution in [1.29, 1.82) is 0 Å². The van der Waals surface area contributed by atoms with Crippen molar-refractivity contribution < 1.29 is 4.39 Å². The van der Waals surface area contributed by atoms with Gasteiger partial charge in [-0.1, -0.05) is 0 Å². The molecule has 60 valence electrons. The highest BCUT2D eigenvalue weighted by atomic mass is 35.7. The summed E-state index contributed by atoms with van der Waals surface area (Å²) in [5.74, 6) is -0.480. The Morgan fingerprint density at radius 1 is 1.73 bits per heavy atom. The summed E-state index contributed by atoms with van der Waals surface area (Å²) in [5.41, 5.74) is -0.269. The van der Waals surface area contributed by atoms with Gasteiger partial charge in [0, 0.05) is 19.3 Å². The zero-order valence-electron chi connectivity index (χ0n) is 5.67. The van der Waals surface area contributed by atoms with Gasteiger partial charge in [-0.3, -0.25) is 4.79 Å². The van der Waals surface area contributed by atoms with E-state index in [1.165, 1.54) is 7.05 Å². The van der Waals surface area contributed by atoms with Gasteiger partial charge in [0.2, 0.25) is 0 Å². The van der Waals surface area contributed by atoms with Crippen LogP contribution in [0.5, 0.6) is 0 Å². The molecular weight excluding hydrogens is 189 g/mol. The number of hydrogen-bond donors (Lipinski definition) is 0. The highest BCUT2D eigenvalue weighted by Gasteiger charge is 2.03. The van der Waals surface area contributed by atoms with Gasteiger partial charge in [0.25, 0.3) is 5.56 Å². The number of halogens is 2. The van der Waals surface area contributed by atoms with Crippen LogP contribution in [0.25, 0.3) is 0 Å². The number of pyridine rings is 1. The van der Waals surface area contributed by atoms with E-state index in [0.29, 0.717) is 11.0 Å². The normalized spacial score (nSPS) is 10.1. The predicted octanol–water partition coefficient (Wildman–Crippen LogP) is 1.77. The molecule has 0 aromatic carbocycles. The lowest BCUT2D eigenvalue weighted by Crippen LogP contribution is -2.15. The fourth-order valence-electron chi connectivity index (χ4n) is 0.639. The summed E-state index contributed by atoms with van der Waals surface area (Å²) in [5, 5.41) is 0. The van der Waals surface area contributed by atoms with Gasteiger partial charge in [0.05, 0.1) is 4.90 Å². The van der Waals surface area contributed by atoms with E-state index < -0.39 is 5.82 Å². The summed E-state index contributed by atoms with van der Waals surface area (Å²) in [6.07, 6.45) is 1.10. The molecule has 2 nitrogen and oxygen atoms in total. The molecule has 0 saturated carbocycles. The molecule has 0 saturated heterocycles. The van der Waals surface area contributed by atoms with Crippen LogP contribution in [0.15, 0.2) is 22.0 Å². The third kappa shape index (κ3) is 1.75. The summed E-state index contributed by atoms with van der Waals surface area (Å²) in [4.78, 5) is 11.0. The fraction of sp³-hybridized carbons (Fsp3) is 0.167. The second-order valence-electron chi connectivity index (χ2n) is 2.01. The lowest BCUT2D eigenvalue weighted by Gasteiger charge is -1.98. The lowest BCUT2D eigenvalue weighted by molar-refractivity contribution is 0.578. The molecule has 5 heteroatoms. The zero-order valence-corrected chi connectivity index (χ0v) is 7.25. The van der Waals surface area contributed by atoms with Crippen LogP contribution >= 0.6 is 21.7 Å². The van der Waals surface area contributed by atoms with Gasteiger partial charge < -0.3 is 4.57 Å². The maximum atomic E-state index is 12.8. The average molecular weight is 194 g/mol. The van der Waals surface area contributed by atoms with E-state index in [2.05, 4.69) is 0 Å². The standard InChI is InChI=1S/C6H5ClFNOS/c1-9-3-4(8)5(11-7)2-6(9)10/h2-3H,1H3. The molecule has 1 heterocycles. The average Bonchev–Trinajstić information content (AvgIpc) is 1.97. The molecule has 11 heavy (non-hydrogen) atoms. The predicted molar refractivity (Wildman–Crippen MR) is 43.4 cm³/mol. The Balaban J connectivity index is 3.32. The summed E-state index contributed by atoms with van der Waals surface area (Å²) in [6.45, 7) is 0. The van der Waals surface area contributed by atoms with Crippen molar-refractivity contribution in [2.45, 2.75) is 4.90 Å². The van der Waals surface area contributed by atoms with Crippen LogP contribution < -0.4 is 5.56 Å². The second kappa shape index (κ2) is 3.28. The van der Waals surface area contributed by atoms with Crippen molar-refractivity contribution in [3.8, 4) is 0 Å². The Hall–Kier alpha value is -0.480. The quantitative estimate of drug-likeness (QED) is 0.678. The van der Waals surface area contributed by atoms with Gasteiger partial charge in [0.1, 0.15) is 0 Å². The molecular formula is C6H5ClFNOS. The summed E-state index contributed by atoms with van der Waals surface area (Å²) < 4.78 is 13.9. The number of nitrogens with zero attached hydrogens (tertiary/aromatic N) is 1. The number of aryl methyl sites for hydroxylation is 1. The molecule has 0 aliphatic rings. The minimum atomic E-state index is -0.480. The minimum Gasteiger partial charge on any atom is -0.316 e. The summed E-state index contributed by atoms with van der Waals surface area (Å²) >= 11 is 0. The highest BCUT2D eigenvalue weighted by Crippen LogP contribution is 2.22. The first-order valence-electron chi connectivity index (χ1n) is 2.80. The SMILES string of the molecule is Cn1cc(F)c(SCl)cc1=O. The van der Waals surface area contributed by atoms with E-state index in [1.54, 1.807) is 0 Å². The molecule has 1 aromatic heterocycles. The van der Waals surface area contributed by atoms with Crippen LogP contribution in [0.3, 0.4) is 0 Å². The van der Waals surface area contributed by atoms with E-state index in [1.807, 2.05) is 0 Å². The largest absolute Gasteiger partial charge is 0.316 e. The fourth-order valence-corrected chi connectivity index (χ4v) is 1.27. The first-order valence-corrected chi connectivity index (χ1v) is 4.44. The Morgan fingerprint density at radius 2 is 2.36 bits per heavy atom. The third-order valence-corrected chi connectivity index (χ3v) is 2.21. The van der Waals surface area contributed by atoms with Crippen LogP contribution in [-0.2, 0) is 7.05 Å². The molecule has 0 radical (unpaired) electrons. The Morgan fingerprint density at radius 3 is 2.91 bits per heavy atom. The molecule has 0 bridgehead atoms. The van der Waals surface area contributed by atoms with Crippen molar-refractivity contribution in [3.05, 3.63) is 28.4 Å². The Bertz CT molecular complexity index is 325. The first kappa shape index (κ1) is 8.62. The van der Waals surface area contributed by atoms with Gasteiger partial charge in [-0.05, 0) is 21.7 Å². The van der Waals surface area contributed by atoms with Gasteiger partial charge in [-0.15, -0.1) is 0 Å². The maximum Gasteiger partial charge on any atom is 0.251 e. The zero-order chi connectivity index (χ0) is 8.43. The van der Waals surface area contributed by atoms with Crippen molar-refractivity contribution in [1.82, 2.24) is 4.57 Å². The van der Waals surface area contributed by atoms with Crippen LogP contribution in [0, 0.1) is 5.82 Å². The van der Waals surface area contributed by atoms with Crippen molar-refractivity contribution >= 4 is 21.7 Å². The highest BCUT2D eigenvalue weighted by molar-refractivity contribution is 8.21. The van der Waals surface area contributed by atoms with E-state index in [4.69, 9.17) is 10.7 Å². The number of aromatic nitrogens is 1. The summed E-state index contributed by atoms with van der Waals surface area (Å²) in [6, 6.07) is 1.16. The van der Waals surface area contributed by atoms with Gasteiger partial charge >= 0.3 is 0 Å². The molecule has 1 aromatic rings. The van der Waals surface area contributed by atoms with Crippen LogP contribution in [0.4, 0.5) is 4.39 Å². The number of hydrogen-bond acceptors (Lipinski definition) is 2. The molecule has 0 N–H and O–H groups in total. The van der Waals surface area contributed by atoms with Crippen molar-refractivity contribution in [3.63, 3.8) is 0 Å². The lowest BCUT2D eigenvalue weighted by atomic mass is 10.4. The number of rotatable bonds is 1. The molecule has 0 aliphatic heterocycles. The topological polar surface area (TPSA) is 22.0 Å². The van der Waals surface area contributed by atoms with Crippen molar-refractivity contribution in [2.75, 3.05) is 0 Å². The maximum absolute atomic E-state index is 12.8. The molecule has 0 amide bonds. The van der Waals surface area contributed by atoms with Crippen LogP contribution in [0.2, 0.25) is 0 Å². The Kier molecular flexibility index (Phi) is 2.57. The van der Waals surface area contributed by atoms with E-state index in [0.717, 1.165) is 16.8 Å². The monoisotopic (exact) mass is 193 g/mol. The van der Waals surface area contributed by atoms with Crippen molar-refractivity contribution in [2.24, 2.45) is 7.05 Å². The molecule has 0 fully saturated rings. The van der Waals surface area contributed by atoms with Gasteiger partial charge in [-0.2, -0.15) is 0 Å². The summed E-state index contributed by atoms with van der Waals surface area (Å²) in [7, 11) is 7.47. The molecule has 1 rings (SSSR count).